The van der Waals surface area contributed by atoms with Crippen molar-refractivity contribution >= 4 is 52.8 Å². The average Bonchev–Trinajstić information content (AvgIpc) is 2.59. The third kappa shape index (κ3) is 1.08. The van der Waals surface area contributed by atoms with Crippen molar-refractivity contribution in [3.8, 4) is 0 Å². The number of rotatable bonds is 0. The quantitative estimate of drug-likeness (QED) is 0.611. The first kappa shape index (κ1) is 8.08. The number of hydrogen-bond acceptors (Lipinski definition) is 4. The minimum atomic E-state index is 0.866. The number of thiophene rings is 2. The summed E-state index contributed by atoms with van der Waals surface area (Å²) < 4.78 is 2.47. The van der Waals surface area contributed by atoms with Gasteiger partial charge in [-0.05, 0) is 35.0 Å². The third-order valence-corrected chi connectivity index (χ3v) is 4.05. The summed E-state index contributed by atoms with van der Waals surface area (Å²) in [5, 5.41) is 4.15. The highest BCUT2D eigenvalue weighted by molar-refractivity contribution is 7.24. The molecular weight excluding hydrogens is 212 g/mol. The SMILES string of the molecule is Nc1cc2cc3cc(N)sc3cc2s1. The van der Waals surface area contributed by atoms with Gasteiger partial charge in [-0.25, -0.2) is 0 Å². The summed E-state index contributed by atoms with van der Waals surface area (Å²) in [5.41, 5.74) is 11.5. The number of benzene rings is 1. The van der Waals surface area contributed by atoms with Crippen LogP contribution in [0.5, 0.6) is 0 Å². The van der Waals surface area contributed by atoms with Gasteiger partial charge in [0.1, 0.15) is 0 Å². The summed E-state index contributed by atoms with van der Waals surface area (Å²) in [6.07, 6.45) is 0. The van der Waals surface area contributed by atoms with Crippen LogP contribution in [0.2, 0.25) is 0 Å². The van der Waals surface area contributed by atoms with E-state index in [1.54, 1.807) is 22.7 Å². The largest absolute Gasteiger partial charge is 0.391 e. The molecule has 2 nitrogen and oxygen atoms in total. The maximum absolute atomic E-state index is 5.75. The van der Waals surface area contributed by atoms with E-state index in [1.165, 1.54) is 20.2 Å². The monoisotopic (exact) mass is 220 g/mol. The van der Waals surface area contributed by atoms with Gasteiger partial charge in [0.2, 0.25) is 0 Å². The Morgan fingerprint density at radius 2 is 1.21 bits per heavy atom. The zero-order valence-electron chi connectivity index (χ0n) is 7.28. The zero-order chi connectivity index (χ0) is 9.71. The van der Waals surface area contributed by atoms with Crippen LogP contribution in [-0.4, -0.2) is 0 Å². The molecular formula is C10H8N2S2. The predicted octanol–water partition coefficient (Wildman–Crippen LogP) is 3.28. The van der Waals surface area contributed by atoms with Crippen molar-refractivity contribution in [3.05, 3.63) is 24.3 Å². The molecule has 0 aliphatic heterocycles. The first-order chi connectivity index (χ1) is 6.72. The van der Waals surface area contributed by atoms with Gasteiger partial charge < -0.3 is 11.5 Å². The van der Waals surface area contributed by atoms with E-state index in [4.69, 9.17) is 11.5 Å². The van der Waals surface area contributed by atoms with Crippen molar-refractivity contribution in [1.82, 2.24) is 0 Å². The van der Waals surface area contributed by atoms with Crippen LogP contribution in [0.3, 0.4) is 0 Å². The molecule has 0 atom stereocenters. The Morgan fingerprint density at radius 1 is 0.714 bits per heavy atom. The molecule has 2 heterocycles. The van der Waals surface area contributed by atoms with E-state index in [9.17, 15) is 0 Å². The molecule has 1 aromatic carbocycles. The maximum Gasteiger partial charge on any atom is 0.0868 e. The molecule has 4 heteroatoms. The van der Waals surface area contributed by atoms with E-state index in [2.05, 4.69) is 12.1 Å². The first-order valence-electron chi connectivity index (χ1n) is 4.20. The molecule has 0 spiro atoms. The van der Waals surface area contributed by atoms with E-state index in [0.717, 1.165) is 10.0 Å². The van der Waals surface area contributed by atoms with Gasteiger partial charge in [-0.2, -0.15) is 0 Å². The molecule has 0 bridgehead atoms. The summed E-state index contributed by atoms with van der Waals surface area (Å²) in [6, 6.07) is 8.32. The summed E-state index contributed by atoms with van der Waals surface area (Å²) in [5.74, 6) is 0. The number of hydrogen-bond donors (Lipinski definition) is 2. The van der Waals surface area contributed by atoms with Gasteiger partial charge in [-0.1, -0.05) is 0 Å². The van der Waals surface area contributed by atoms with Crippen molar-refractivity contribution < 1.29 is 0 Å². The first-order valence-corrected chi connectivity index (χ1v) is 5.84. The molecule has 0 saturated heterocycles. The number of nitrogens with two attached hydrogens (primary N) is 2. The lowest BCUT2D eigenvalue weighted by Gasteiger charge is -1.89. The second-order valence-electron chi connectivity index (χ2n) is 3.23. The Bertz CT molecular complexity index is 519. The predicted molar refractivity (Wildman–Crippen MR) is 66.0 cm³/mol. The average molecular weight is 220 g/mol. The number of nitrogen functional groups attached to an aromatic ring is 2. The second-order valence-corrected chi connectivity index (χ2v) is 5.46. The van der Waals surface area contributed by atoms with E-state index in [-0.39, 0.29) is 0 Å². The maximum atomic E-state index is 5.75. The van der Waals surface area contributed by atoms with Crippen LogP contribution in [0.4, 0.5) is 10.0 Å². The molecule has 2 aromatic heterocycles. The van der Waals surface area contributed by atoms with Crippen molar-refractivity contribution in [3.63, 3.8) is 0 Å². The van der Waals surface area contributed by atoms with Crippen LogP contribution in [-0.2, 0) is 0 Å². The highest BCUT2D eigenvalue weighted by Gasteiger charge is 2.04. The normalized spacial score (nSPS) is 11.4. The van der Waals surface area contributed by atoms with Crippen molar-refractivity contribution in [2.75, 3.05) is 11.5 Å². The lowest BCUT2D eigenvalue weighted by atomic mass is 10.2. The molecule has 4 N–H and O–H groups in total. The fourth-order valence-electron chi connectivity index (χ4n) is 1.62. The Hall–Kier alpha value is -1.26. The molecule has 0 saturated carbocycles. The fraction of sp³-hybridized carbons (Fsp3) is 0. The summed E-state index contributed by atoms with van der Waals surface area (Å²) >= 11 is 3.24. The van der Waals surface area contributed by atoms with Gasteiger partial charge in [0.25, 0.3) is 0 Å². The van der Waals surface area contributed by atoms with Crippen molar-refractivity contribution in [2.45, 2.75) is 0 Å². The van der Waals surface area contributed by atoms with E-state index in [0.29, 0.717) is 0 Å². The number of anilines is 2. The summed E-state index contributed by atoms with van der Waals surface area (Å²) in [6.45, 7) is 0. The van der Waals surface area contributed by atoms with Crippen LogP contribution in [0, 0.1) is 0 Å². The fourth-order valence-corrected chi connectivity index (χ4v) is 3.40. The highest BCUT2D eigenvalue weighted by atomic mass is 32.1. The molecule has 0 unspecified atom stereocenters. The van der Waals surface area contributed by atoms with Crippen LogP contribution >= 0.6 is 22.7 Å². The van der Waals surface area contributed by atoms with Gasteiger partial charge in [0.15, 0.2) is 0 Å². The Balaban J connectivity index is 2.49. The van der Waals surface area contributed by atoms with Crippen molar-refractivity contribution in [1.29, 1.82) is 0 Å². The molecule has 0 aliphatic carbocycles. The minimum absolute atomic E-state index is 0.866. The Kier molecular flexibility index (Phi) is 1.51. The van der Waals surface area contributed by atoms with Crippen LogP contribution < -0.4 is 11.5 Å². The molecule has 3 rings (SSSR count). The van der Waals surface area contributed by atoms with E-state index < -0.39 is 0 Å². The zero-order valence-corrected chi connectivity index (χ0v) is 8.91. The molecule has 0 fully saturated rings. The highest BCUT2D eigenvalue weighted by Crippen LogP contribution is 2.35. The summed E-state index contributed by atoms with van der Waals surface area (Å²) in [7, 11) is 0. The molecule has 70 valence electrons. The molecule has 0 radical (unpaired) electrons. The standard InChI is InChI=1S/C10H8N2S2/c11-9-2-5-1-6-3-10(12)14-8(6)4-7(5)13-9/h1-4H,11-12H2. The molecule has 0 aliphatic rings. The lowest BCUT2D eigenvalue weighted by molar-refractivity contribution is 1.95. The Labute approximate surface area is 88.8 Å². The summed E-state index contributed by atoms with van der Waals surface area (Å²) in [4.78, 5) is 0. The third-order valence-electron chi connectivity index (χ3n) is 2.19. The van der Waals surface area contributed by atoms with Crippen LogP contribution in [0.25, 0.3) is 20.2 Å². The van der Waals surface area contributed by atoms with E-state index >= 15 is 0 Å². The molecule has 0 amide bonds. The van der Waals surface area contributed by atoms with Crippen LogP contribution in [0.15, 0.2) is 24.3 Å². The van der Waals surface area contributed by atoms with Gasteiger partial charge in [-0.3, -0.25) is 0 Å². The number of fused-ring (bicyclic) bond motifs is 2. The van der Waals surface area contributed by atoms with Gasteiger partial charge in [-0.15, -0.1) is 22.7 Å². The van der Waals surface area contributed by atoms with Gasteiger partial charge >= 0.3 is 0 Å². The van der Waals surface area contributed by atoms with E-state index in [1.807, 2.05) is 12.1 Å². The minimum Gasteiger partial charge on any atom is -0.391 e. The van der Waals surface area contributed by atoms with Crippen LogP contribution in [0.1, 0.15) is 0 Å². The van der Waals surface area contributed by atoms with Gasteiger partial charge in [0.05, 0.1) is 10.0 Å². The van der Waals surface area contributed by atoms with Gasteiger partial charge in [0, 0.05) is 9.40 Å². The topological polar surface area (TPSA) is 52.0 Å². The second kappa shape index (κ2) is 2.62. The van der Waals surface area contributed by atoms with Crippen molar-refractivity contribution in [2.24, 2.45) is 0 Å². The molecule has 3 aromatic rings. The smallest absolute Gasteiger partial charge is 0.0868 e. The molecule has 14 heavy (non-hydrogen) atoms. The lowest BCUT2D eigenvalue weighted by Crippen LogP contribution is -1.73. The Morgan fingerprint density at radius 3 is 1.71 bits per heavy atom.